The molecule has 1 rings (SSSR count). The molecule has 0 unspecified atom stereocenters. The minimum Gasteiger partial charge on any atom is -0.370 e. The maximum atomic E-state index is 12.4. The summed E-state index contributed by atoms with van der Waals surface area (Å²) in [6.45, 7) is 5.94. The van der Waals surface area contributed by atoms with E-state index < -0.39 is 17.6 Å². The fourth-order valence-corrected chi connectivity index (χ4v) is 1.90. The quantitative estimate of drug-likeness (QED) is 0.298. The average Bonchev–Trinajstić information content (AvgIpc) is 2.52. The molecule has 136 valence electrons. The molecule has 24 heavy (non-hydrogen) atoms. The van der Waals surface area contributed by atoms with Crippen LogP contribution in [-0.4, -0.2) is 42.9 Å². The minimum absolute atomic E-state index is 0. The standard InChI is InChI=1S/C15H21F3N4O.HI/c1-3-22(4-2)14(19)21-10-9-20-13(23)11-5-7-12(8-6-11)15(16,17)18;/h5-8H,3-4,9-10H2,1-2H3,(H2,19,21)(H,20,23);1H. The van der Waals surface area contributed by atoms with Crippen molar-refractivity contribution in [3.63, 3.8) is 0 Å². The van der Waals surface area contributed by atoms with Gasteiger partial charge in [0, 0.05) is 25.2 Å². The number of halogens is 4. The molecule has 0 heterocycles. The van der Waals surface area contributed by atoms with Crippen LogP contribution in [0.25, 0.3) is 0 Å². The smallest absolute Gasteiger partial charge is 0.370 e. The highest BCUT2D eigenvalue weighted by Gasteiger charge is 2.30. The van der Waals surface area contributed by atoms with E-state index in [9.17, 15) is 18.0 Å². The molecule has 0 fully saturated rings. The molecule has 0 saturated heterocycles. The van der Waals surface area contributed by atoms with E-state index in [1.165, 1.54) is 0 Å². The predicted molar refractivity (Wildman–Crippen MR) is 98.6 cm³/mol. The summed E-state index contributed by atoms with van der Waals surface area (Å²) < 4.78 is 37.3. The van der Waals surface area contributed by atoms with Crippen molar-refractivity contribution in [2.45, 2.75) is 20.0 Å². The molecule has 0 bridgehead atoms. The van der Waals surface area contributed by atoms with Gasteiger partial charge in [-0.2, -0.15) is 13.2 Å². The van der Waals surface area contributed by atoms with Gasteiger partial charge in [0.05, 0.1) is 12.1 Å². The highest BCUT2D eigenvalue weighted by Crippen LogP contribution is 2.28. The number of rotatable bonds is 6. The highest BCUT2D eigenvalue weighted by atomic mass is 127. The summed E-state index contributed by atoms with van der Waals surface area (Å²) >= 11 is 0. The summed E-state index contributed by atoms with van der Waals surface area (Å²) in [5.41, 5.74) is 5.16. The number of carbonyl (C=O) groups is 1. The first kappa shape index (κ1) is 22.5. The van der Waals surface area contributed by atoms with Gasteiger partial charge in [-0.05, 0) is 38.1 Å². The van der Waals surface area contributed by atoms with Crippen molar-refractivity contribution in [3.05, 3.63) is 35.4 Å². The Morgan fingerprint density at radius 1 is 1.21 bits per heavy atom. The summed E-state index contributed by atoms with van der Waals surface area (Å²) in [6.07, 6.45) is -4.41. The van der Waals surface area contributed by atoms with Gasteiger partial charge in [-0.3, -0.25) is 9.79 Å². The van der Waals surface area contributed by atoms with Crippen molar-refractivity contribution in [2.75, 3.05) is 26.2 Å². The van der Waals surface area contributed by atoms with Gasteiger partial charge in [0.1, 0.15) is 0 Å². The Labute approximate surface area is 156 Å². The lowest BCUT2D eigenvalue weighted by Crippen LogP contribution is -2.37. The van der Waals surface area contributed by atoms with Gasteiger partial charge in [0.15, 0.2) is 5.96 Å². The van der Waals surface area contributed by atoms with Crippen LogP contribution >= 0.6 is 24.0 Å². The number of hydrogen-bond donors (Lipinski definition) is 2. The molecular formula is C15H22F3IN4O. The van der Waals surface area contributed by atoms with Crippen LogP contribution in [0.15, 0.2) is 29.3 Å². The van der Waals surface area contributed by atoms with Crippen LogP contribution in [0.3, 0.4) is 0 Å². The van der Waals surface area contributed by atoms with E-state index in [0.717, 1.165) is 37.4 Å². The molecule has 0 aliphatic heterocycles. The van der Waals surface area contributed by atoms with E-state index >= 15 is 0 Å². The maximum absolute atomic E-state index is 12.4. The summed E-state index contributed by atoms with van der Waals surface area (Å²) in [5, 5.41) is 2.59. The molecular weight excluding hydrogens is 436 g/mol. The van der Waals surface area contributed by atoms with Crippen LogP contribution in [0.2, 0.25) is 0 Å². The average molecular weight is 458 g/mol. The zero-order chi connectivity index (χ0) is 17.5. The Bertz CT molecular complexity index is 543. The Morgan fingerprint density at radius 3 is 2.21 bits per heavy atom. The Kier molecular flexibility index (Phi) is 9.71. The first-order valence-corrected chi connectivity index (χ1v) is 7.29. The molecule has 9 heteroatoms. The third-order valence-electron chi connectivity index (χ3n) is 3.23. The predicted octanol–water partition coefficient (Wildman–Crippen LogP) is 2.71. The summed E-state index contributed by atoms with van der Waals surface area (Å²) in [4.78, 5) is 17.8. The number of nitrogens with one attached hydrogen (secondary N) is 1. The maximum Gasteiger partial charge on any atom is 0.416 e. The number of nitrogens with two attached hydrogens (primary N) is 1. The fourth-order valence-electron chi connectivity index (χ4n) is 1.90. The van der Waals surface area contributed by atoms with E-state index in [1.54, 1.807) is 0 Å². The lowest BCUT2D eigenvalue weighted by atomic mass is 10.1. The number of alkyl halides is 3. The second-order valence-corrected chi connectivity index (χ2v) is 4.74. The molecule has 0 aliphatic carbocycles. The molecule has 5 nitrogen and oxygen atoms in total. The zero-order valence-electron chi connectivity index (χ0n) is 13.6. The topological polar surface area (TPSA) is 70.7 Å². The number of hydrogen-bond acceptors (Lipinski definition) is 2. The van der Waals surface area contributed by atoms with Crippen molar-refractivity contribution in [3.8, 4) is 0 Å². The number of carbonyl (C=O) groups excluding carboxylic acids is 1. The van der Waals surface area contributed by atoms with E-state index in [4.69, 9.17) is 5.73 Å². The van der Waals surface area contributed by atoms with Crippen molar-refractivity contribution in [1.82, 2.24) is 10.2 Å². The monoisotopic (exact) mass is 458 g/mol. The van der Waals surface area contributed by atoms with Crippen molar-refractivity contribution < 1.29 is 18.0 Å². The SMILES string of the molecule is CCN(CC)C(N)=NCCNC(=O)c1ccc(C(F)(F)F)cc1.I. The van der Waals surface area contributed by atoms with Gasteiger partial charge in [0.25, 0.3) is 5.91 Å². The number of nitrogens with zero attached hydrogens (tertiary/aromatic N) is 2. The normalized spacial score (nSPS) is 11.6. The lowest BCUT2D eigenvalue weighted by molar-refractivity contribution is -0.137. The molecule has 1 aromatic carbocycles. The molecule has 0 radical (unpaired) electrons. The van der Waals surface area contributed by atoms with Crippen molar-refractivity contribution >= 4 is 35.8 Å². The molecule has 0 saturated carbocycles. The van der Waals surface area contributed by atoms with E-state index in [0.29, 0.717) is 12.5 Å². The van der Waals surface area contributed by atoms with Crippen LogP contribution in [0.4, 0.5) is 13.2 Å². The Balaban J connectivity index is 0.00000529. The van der Waals surface area contributed by atoms with Crippen LogP contribution in [-0.2, 0) is 6.18 Å². The van der Waals surface area contributed by atoms with Crippen molar-refractivity contribution in [1.29, 1.82) is 0 Å². The largest absolute Gasteiger partial charge is 0.416 e. The minimum atomic E-state index is -4.41. The molecule has 0 spiro atoms. The number of guanidine groups is 1. The highest BCUT2D eigenvalue weighted by molar-refractivity contribution is 14.0. The van der Waals surface area contributed by atoms with Gasteiger partial charge in [0.2, 0.25) is 0 Å². The summed E-state index contributed by atoms with van der Waals surface area (Å²) in [5.74, 6) is -0.0471. The van der Waals surface area contributed by atoms with E-state index in [2.05, 4.69) is 10.3 Å². The van der Waals surface area contributed by atoms with Gasteiger partial charge in [-0.1, -0.05) is 0 Å². The zero-order valence-corrected chi connectivity index (χ0v) is 15.9. The van der Waals surface area contributed by atoms with Gasteiger partial charge < -0.3 is 16.0 Å². The van der Waals surface area contributed by atoms with Crippen LogP contribution in [0.1, 0.15) is 29.8 Å². The van der Waals surface area contributed by atoms with Crippen LogP contribution in [0, 0.1) is 0 Å². The molecule has 0 aromatic heterocycles. The molecule has 0 aliphatic rings. The Morgan fingerprint density at radius 2 is 1.75 bits per heavy atom. The number of benzene rings is 1. The number of aliphatic imine (C=N–C) groups is 1. The summed E-state index contributed by atoms with van der Waals surface area (Å²) in [6, 6.07) is 4.05. The Hall–Kier alpha value is -1.52. The first-order chi connectivity index (χ1) is 10.8. The van der Waals surface area contributed by atoms with Crippen molar-refractivity contribution in [2.24, 2.45) is 10.7 Å². The third kappa shape index (κ3) is 6.93. The molecule has 0 atom stereocenters. The molecule has 1 amide bonds. The van der Waals surface area contributed by atoms with E-state index in [-0.39, 0.29) is 36.1 Å². The summed E-state index contributed by atoms with van der Waals surface area (Å²) in [7, 11) is 0. The first-order valence-electron chi connectivity index (χ1n) is 7.29. The second kappa shape index (κ2) is 10.4. The van der Waals surface area contributed by atoms with Crippen LogP contribution in [0.5, 0.6) is 0 Å². The molecule has 1 aromatic rings. The lowest BCUT2D eigenvalue weighted by Gasteiger charge is -2.19. The van der Waals surface area contributed by atoms with Gasteiger partial charge in [-0.25, -0.2) is 0 Å². The van der Waals surface area contributed by atoms with Gasteiger partial charge in [-0.15, -0.1) is 24.0 Å². The molecule has 3 N–H and O–H groups in total. The van der Waals surface area contributed by atoms with E-state index in [1.807, 2.05) is 18.7 Å². The van der Waals surface area contributed by atoms with Gasteiger partial charge >= 0.3 is 6.18 Å². The van der Waals surface area contributed by atoms with Crippen LogP contribution < -0.4 is 11.1 Å². The fraction of sp³-hybridized carbons (Fsp3) is 0.467. The third-order valence-corrected chi connectivity index (χ3v) is 3.23. The number of amides is 1. The second-order valence-electron chi connectivity index (χ2n) is 4.74.